The fourth-order valence-electron chi connectivity index (χ4n) is 2.88. The quantitative estimate of drug-likeness (QED) is 0.757. The van der Waals surface area contributed by atoms with Gasteiger partial charge in [0.15, 0.2) is 0 Å². The minimum atomic E-state index is -0.771. The average molecular weight is 226 g/mol. The molecule has 0 aromatic heterocycles. The highest BCUT2D eigenvalue weighted by molar-refractivity contribution is 5.84. The maximum absolute atomic E-state index is 11.8. The van der Waals surface area contributed by atoms with Crippen LogP contribution in [0.4, 0.5) is 0 Å². The van der Waals surface area contributed by atoms with Crippen molar-refractivity contribution in [2.45, 2.75) is 52.4 Å². The zero-order valence-electron chi connectivity index (χ0n) is 10.2. The molecule has 1 saturated carbocycles. The number of carboxylic acids is 1. The summed E-state index contributed by atoms with van der Waals surface area (Å²) in [6.45, 7) is 4.23. The summed E-state index contributed by atoms with van der Waals surface area (Å²) in [6, 6.07) is 0. The van der Waals surface area contributed by atoms with Crippen LogP contribution in [-0.4, -0.2) is 16.9 Å². The van der Waals surface area contributed by atoms with Crippen molar-refractivity contribution in [3.05, 3.63) is 0 Å². The van der Waals surface area contributed by atoms with Gasteiger partial charge >= 0.3 is 5.97 Å². The average Bonchev–Trinajstić information content (AvgIpc) is 2.55. The number of carbonyl (C=O) groups is 2. The first-order valence-corrected chi connectivity index (χ1v) is 6.30. The van der Waals surface area contributed by atoms with Crippen LogP contribution in [0, 0.1) is 17.8 Å². The fourth-order valence-corrected chi connectivity index (χ4v) is 2.88. The number of ketones is 1. The van der Waals surface area contributed by atoms with E-state index in [2.05, 4.69) is 13.8 Å². The number of aliphatic carboxylic acids is 1. The molecule has 92 valence electrons. The highest BCUT2D eigenvalue weighted by atomic mass is 16.4. The molecule has 1 fully saturated rings. The highest BCUT2D eigenvalue weighted by Gasteiger charge is 2.38. The van der Waals surface area contributed by atoms with Crippen LogP contribution in [0.2, 0.25) is 0 Å². The molecule has 0 aliphatic heterocycles. The number of carbonyl (C=O) groups excluding carboxylic acids is 1. The van der Waals surface area contributed by atoms with E-state index in [-0.39, 0.29) is 24.0 Å². The lowest BCUT2D eigenvalue weighted by atomic mass is 9.80. The standard InChI is InChI=1S/C13H22O3/c1-3-4-5-9(2)13-10(8-12(15)16)6-7-11(13)14/h9-10,13H,3-8H2,1-2H3,(H,15,16). The Balaban J connectivity index is 2.58. The Hall–Kier alpha value is -0.860. The number of carboxylic acid groups (broad SMARTS) is 1. The lowest BCUT2D eigenvalue weighted by Gasteiger charge is -2.23. The van der Waals surface area contributed by atoms with Crippen molar-refractivity contribution in [3.63, 3.8) is 0 Å². The molecule has 0 radical (unpaired) electrons. The van der Waals surface area contributed by atoms with Crippen molar-refractivity contribution in [1.82, 2.24) is 0 Å². The molecule has 1 aliphatic rings. The minimum Gasteiger partial charge on any atom is -0.481 e. The number of unbranched alkanes of at least 4 members (excludes halogenated alkanes) is 1. The van der Waals surface area contributed by atoms with Gasteiger partial charge in [0.1, 0.15) is 5.78 Å². The molecule has 3 unspecified atom stereocenters. The molecular weight excluding hydrogens is 204 g/mol. The molecule has 1 rings (SSSR count). The SMILES string of the molecule is CCCCC(C)C1C(=O)CCC1CC(=O)O. The van der Waals surface area contributed by atoms with Gasteiger partial charge in [-0.05, 0) is 18.3 Å². The molecule has 3 atom stereocenters. The van der Waals surface area contributed by atoms with Crippen molar-refractivity contribution in [3.8, 4) is 0 Å². The number of Topliss-reactive ketones (excluding diaryl/α,β-unsaturated/α-hetero) is 1. The van der Waals surface area contributed by atoms with Gasteiger partial charge in [-0.15, -0.1) is 0 Å². The summed E-state index contributed by atoms with van der Waals surface area (Å²) >= 11 is 0. The molecule has 1 aliphatic carbocycles. The van der Waals surface area contributed by atoms with E-state index in [9.17, 15) is 9.59 Å². The molecule has 3 heteroatoms. The third-order valence-electron chi connectivity index (χ3n) is 3.70. The van der Waals surface area contributed by atoms with Gasteiger partial charge < -0.3 is 5.11 Å². The Morgan fingerprint density at radius 3 is 2.81 bits per heavy atom. The normalized spacial score (nSPS) is 27.0. The predicted octanol–water partition coefficient (Wildman–Crippen LogP) is 2.88. The van der Waals surface area contributed by atoms with Gasteiger partial charge in [-0.3, -0.25) is 9.59 Å². The monoisotopic (exact) mass is 226 g/mol. The van der Waals surface area contributed by atoms with E-state index < -0.39 is 5.97 Å². The molecule has 0 amide bonds. The Morgan fingerprint density at radius 1 is 1.56 bits per heavy atom. The zero-order chi connectivity index (χ0) is 12.1. The van der Waals surface area contributed by atoms with Crippen molar-refractivity contribution in [2.24, 2.45) is 17.8 Å². The second-order valence-electron chi connectivity index (χ2n) is 5.01. The van der Waals surface area contributed by atoms with Crippen LogP contribution in [0.15, 0.2) is 0 Å². The summed E-state index contributed by atoms with van der Waals surface area (Å²) in [5.41, 5.74) is 0. The van der Waals surface area contributed by atoms with Crippen LogP contribution in [0.25, 0.3) is 0 Å². The van der Waals surface area contributed by atoms with E-state index in [4.69, 9.17) is 5.11 Å². The number of rotatable bonds is 6. The van der Waals surface area contributed by atoms with Gasteiger partial charge in [0.25, 0.3) is 0 Å². The van der Waals surface area contributed by atoms with Crippen molar-refractivity contribution < 1.29 is 14.7 Å². The van der Waals surface area contributed by atoms with Crippen LogP contribution in [-0.2, 0) is 9.59 Å². The van der Waals surface area contributed by atoms with Crippen LogP contribution < -0.4 is 0 Å². The lowest BCUT2D eigenvalue weighted by Crippen LogP contribution is -2.24. The molecule has 0 heterocycles. The molecule has 16 heavy (non-hydrogen) atoms. The maximum atomic E-state index is 11.8. The van der Waals surface area contributed by atoms with Crippen LogP contribution in [0.5, 0.6) is 0 Å². The smallest absolute Gasteiger partial charge is 0.303 e. The summed E-state index contributed by atoms with van der Waals surface area (Å²) in [7, 11) is 0. The van der Waals surface area contributed by atoms with Crippen molar-refractivity contribution >= 4 is 11.8 Å². The molecule has 0 spiro atoms. The van der Waals surface area contributed by atoms with Crippen LogP contribution >= 0.6 is 0 Å². The molecule has 1 N–H and O–H groups in total. The molecule has 0 saturated heterocycles. The van der Waals surface area contributed by atoms with E-state index in [1.807, 2.05) is 0 Å². The molecule has 0 aromatic carbocycles. The van der Waals surface area contributed by atoms with E-state index in [0.29, 0.717) is 12.3 Å². The van der Waals surface area contributed by atoms with E-state index in [1.165, 1.54) is 0 Å². The summed E-state index contributed by atoms with van der Waals surface area (Å²) < 4.78 is 0. The first kappa shape index (κ1) is 13.2. The Labute approximate surface area is 97.2 Å². The van der Waals surface area contributed by atoms with E-state index in [1.54, 1.807) is 0 Å². The van der Waals surface area contributed by atoms with E-state index in [0.717, 1.165) is 25.7 Å². The van der Waals surface area contributed by atoms with Crippen LogP contribution in [0.3, 0.4) is 0 Å². The van der Waals surface area contributed by atoms with Gasteiger partial charge in [0.2, 0.25) is 0 Å². The Kier molecular flexibility index (Phi) is 4.97. The van der Waals surface area contributed by atoms with Gasteiger partial charge in [0.05, 0.1) is 0 Å². The van der Waals surface area contributed by atoms with Crippen molar-refractivity contribution in [1.29, 1.82) is 0 Å². The molecular formula is C13H22O3. The number of hydrogen-bond acceptors (Lipinski definition) is 2. The van der Waals surface area contributed by atoms with Gasteiger partial charge in [-0.25, -0.2) is 0 Å². The predicted molar refractivity (Wildman–Crippen MR) is 62.2 cm³/mol. The summed E-state index contributed by atoms with van der Waals surface area (Å²) in [5.74, 6) is -0.0546. The maximum Gasteiger partial charge on any atom is 0.303 e. The molecule has 0 bridgehead atoms. The first-order valence-electron chi connectivity index (χ1n) is 6.30. The summed E-state index contributed by atoms with van der Waals surface area (Å²) in [5, 5.41) is 8.82. The van der Waals surface area contributed by atoms with Gasteiger partial charge in [-0.2, -0.15) is 0 Å². The molecule has 0 aromatic rings. The lowest BCUT2D eigenvalue weighted by molar-refractivity contribution is -0.138. The topological polar surface area (TPSA) is 54.4 Å². The minimum absolute atomic E-state index is 0.00245. The van der Waals surface area contributed by atoms with Crippen LogP contribution in [0.1, 0.15) is 52.4 Å². The summed E-state index contributed by atoms with van der Waals surface area (Å²) in [4.78, 5) is 22.5. The zero-order valence-corrected chi connectivity index (χ0v) is 10.2. The van der Waals surface area contributed by atoms with Crippen molar-refractivity contribution in [2.75, 3.05) is 0 Å². The Bertz CT molecular complexity index is 260. The third kappa shape index (κ3) is 3.32. The molecule has 3 nitrogen and oxygen atoms in total. The largest absolute Gasteiger partial charge is 0.481 e. The van der Waals surface area contributed by atoms with Gasteiger partial charge in [0, 0.05) is 18.8 Å². The highest BCUT2D eigenvalue weighted by Crippen LogP contribution is 2.38. The third-order valence-corrected chi connectivity index (χ3v) is 3.70. The van der Waals surface area contributed by atoms with E-state index >= 15 is 0 Å². The second-order valence-corrected chi connectivity index (χ2v) is 5.01. The second kappa shape index (κ2) is 6.02. The first-order chi connectivity index (χ1) is 7.56. The fraction of sp³-hybridized carbons (Fsp3) is 0.846. The Morgan fingerprint density at radius 2 is 2.25 bits per heavy atom. The number of hydrogen-bond donors (Lipinski definition) is 1. The summed E-state index contributed by atoms with van der Waals surface area (Å²) in [6.07, 6.45) is 4.82. The van der Waals surface area contributed by atoms with Gasteiger partial charge in [-0.1, -0.05) is 33.1 Å².